The number of hydrogen-bond donors (Lipinski definition) is 2. The van der Waals surface area contributed by atoms with Crippen LogP contribution in [-0.2, 0) is 0 Å². The molecular weight excluding hydrogens is 184 g/mol. The number of hydrogen-bond acceptors (Lipinski definition) is 2. The predicted molar refractivity (Wildman–Crippen MR) is 62.5 cm³/mol. The van der Waals surface area contributed by atoms with E-state index in [0.717, 1.165) is 36.3 Å². The van der Waals surface area contributed by atoms with Crippen molar-refractivity contribution in [2.24, 2.45) is 29.4 Å². The van der Waals surface area contributed by atoms with Crippen LogP contribution in [0.15, 0.2) is 0 Å². The molecule has 4 bridgehead atoms. The van der Waals surface area contributed by atoms with Gasteiger partial charge in [0.25, 0.3) is 0 Å². The zero-order chi connectivity index (χ0) is 10.4. The van der Waals surface area contributed by atoms with Crippen LogP contribution in [0.25, 0.3) is 0 Å². The van der Waals surface area contributed by atoms with E-state index in [1.165, 1.54) is 25.7 Å². The molecule has 0 amide bonds. The van der Waals surface area contributed by atoms with Gasteiger partial charge in [-0.1, -0.05) is 0 Å². The van der Waals surface area contributed by atoms with E-state index in [1.807, 2.05) is 0 Å². The average Bonchev–Trinajstić information content (AvgIpc) is 2.14. The minimum Gasteiger partial charge on any atom is -0.327 e. The standard InChI is InChI=1S/C13H24N2/c1-8(14)7-15-13-11-3-9-2-10(5-11)6-12(13)4-9/h8-13,15H,2-7,14H2,1H3. The SMILES string of the molecule is CC(N)CNC1C2CC3CC(C2)CC1C3. The first-order chi connectivity index (χ1) is 7.22. The van der Waals surface area contributed by atoms with Gasteiger partial charge in [0.15, 0.2) is 0 Å². The highest BCUT2D eigenvalue weighted by atomic mass is 15.0. The highest BCUT2D eigenvalue weighted by Crippen LogP contribution is 2.53. The van der Waals surface area contributed by atoms with E-state index in [1.54, 1.807) is 6.42 Å². The van der Waals surface area contributed by atoms with Crippen LogP contribution in [0.5, 0.6) is 0 Å². The van der Waals surface area contributed by atoms with Crippen LogP contribution < -0.4 is 11.1 Å². The second-order valence-corrected chi connectivity index (χ2v) is 6.34. The molecule has 1 unspecified atom stereocenters. The summed E-state index contributed by atoms with van der Waals surface area (Å²) in [7, 11) is 0. The van der Waals surface area contributed by atoms with E-state index in [2.05, 4.69) is 12.2 Å². The Morgan fingerprint density at radius 2 is 1.60 bits per heavy atom. The lowest BCUT2D eigenvalue weighted by Crippen LogP contribution is -2.55. The Morgan fingerprint density at radius 3 is 2.07 bits per heavy atom. The first kappa shape index (κ1) is 10.1. The highest BCUT2D eigenvalue weighted by Gasteiger charge is 2.47. The lowest BCUT2D eigenvalue weighted by atomic mass is 9.54. The second kappa shape index (κ2) is 3.74. The second-order valence-electron chi connectivity index (χ2n) is 6.34. The molecule has 4 saturated carbocycles. The van der Waals surface area contributed by atoms with Gasteiger partial charge in [-0.2, -0.15) is 0 Å². The van der Waals surface area contributed by atoms with E-state index >= 15 is 0 Å². The molecule has 3 N–H and O–H groups in total. The van der Waals surface area contributed by atoms with Gasteiger partial charge in [-0.25, -0.2) is 0 Å². The molecule has 0 saturated heterocycles. The molecule has 1 atom stereocenters. The van der Waals surface area contributed by atoms with Gasteiger partial charge in [0.1, 0.15) is 0 Å². The van der Waals surface area contributed by atoms with Crippen LogP contribution in [0.1, 0.15) is 39.0 Å². The van der Waals surface area contributed by atoms with Gasteiger partial charge in [-0.15, -0.1) is 0 Å². The van der Waals surface area contributed by atoms with Gasteiger partial charge >= 0.3 is 0 Å². The molecule has 0 radical (unpaired) electrons. The first-order valence-corrected chi connectivity index (χ1v) is 6.71. The van der Waals surface area contributed by atoms with Crippen LogP contribution in [0.3, 0.4) is 0 Å². The summed E-state index contributed by atoms with van der Waals surface area (Å²) in [5.41, 5.74) is 5.83. The van der Waals surface area contributed by atoms with Crippen molar-refractivity contribution in [1.82, 2.24) is 5.32 Å². The number of nitrogens with one attached hydrogen (secondary N) is 1. The molecule has 0 aromatic rings. The average molecular weight is 208 g/mol. The molecule has 0 aromatic carbocycles. The Labute approximate surface area is 93.0 Å². The molecule has 4 aliphatic rings. The third-order valence-electron chi connectivity index (χ3n) is 4.90. The van der Waals surface area contributed by atoms with E-state index in [9.17, 15) is 0 Å². The summed E-state index contributed by atoms with van der Waals surface area (Å²) in [5, 5.41) is 3.74. The lowest BCUT2D eigenvalue weighted by Gasteiger charge is -2.54. The summed E-state index contributed by atoms with van der Waals surface area (Å²) in [6.07, 6.45) is 7.56. The zero-order valence-corrected chi connectivity index (χ0v) is 9.78. The Balaban J connectivity index is 1.64. The molecule has 0 aliphatic heterocycles. The molecule has 2 nitrogen and oxygen atoms in total. The Kier molecular flexibility index (Phi) is 2.52. The number of rotatable bonds is 3. The molecular formula is C13H24N2. The molecule has 4 rings (SSSR count). The number of nitrogens with two attached hydrogens (primary N) is 1. The van der Waals surface area contributed by atoms with Gasteiger partial charge in [-0.05, 0) is 62.7 Å². The molecule has 4 aliphatic carbocycles. The van der Waals surface area contributed by atoms with Crippen LogP contribution >= 0.6 is 0 Å². The quantitative estimate of drug-likeness (QED) is 0.741. The van der Waals surface area contributed by atoms with Crippen molar-refractivity contribution in [2.45, 2.75) is 51.1 Å². The molecule has 2 heteroatoms. The third kappa shape index (κ3) is 1.83. The molecule has 0 heterocycles. The predicted octanol–water partition coefficient (Wildman–Crippen LogP) is 1.75. The summed E-state index contributed by atoms with van der Waals surface area (Å²) in [6, 6.07) is 1.12. The van der Waals surface area contributed by atoms with Gasteiger partial charge in [0.2, 0.25) is 0 Å². The van der Waals surface area contributed by atoms with Gasteiger partial charge in [-0.3, -0.25) is 0 Å². The minimum absolute atomic E-state index is 0.308. The fraction of sp³-hybridized carbons (Fsp3) is 1.00. The molecule has 0 spiro atoms. The molecule has 86 valence electrons. The molecule has 4 fully saturated rings. The largest absolute Gasteiger partial charge is 0.327 e. The first-order valence-electron chi connectivity index (χ1n) is 6.71. The lowest BCUT2D eigenvalue weighted by molar-refractivity contribution is -0.0137. The van der Waals surface area contributed by atoms with Crippen LogP contribution in [-0.4, -0.2) is 18.6 Å². The highest BCUT2D eigenvalue weighted by molar-refractivity contribution is 5.01. The smallest absolute Gasteiger partial charge is 0.0136 e. The minimum atomic E-state index is 0.308. The van der Waals surface area contributed by atoms with E-state index in [0.29, 0.717) is 6.04 Å². The van der Waals surface area contributed by atoms with E-state index < -0.39 is 0 Å². The van der Waals surface area contributed by atoms with E-state index in [4.69, 9.17) is 5.73 Å². The van der Waals surface area contributed by atoms with E-state index in [-0.39, 0.29) is 0 Å². The fourth-order valence-corrected chi connectivity index (χ4v) is 4.58. The summed E-state index contributed by atoms with van der Waals surface area (Å²) >= 11 is 0. The third-order valence-corrected chi connectivity index (χ3v) is 4.90. The summed E-state index contributed by atoms with van der Waals surface area (Å²) in [6.45, 7) is 3.11. The van der Waals surface area contributed by atoms with Gasteiger partial charge < -0.3 is 11.1 Å². The van der Waals surface area contributed by atoms with Crippen molar-refractivity contribution in [3.63, 3.8) is 0 Å². The summed E-state index contributed by atoms with van der Waals surface area (Å²) in [5.74, 6) is 4.14. The van der Waals surface area contributed by atoms with Crippen molar-refractivity contribution in [2.75, 3.05) is 6.54 Å². The zero-order valence-electron chi connectivity index (χ0n) is 9.78. The van der Waals surface area contributed by atoms with Gasteiger partial charge in [0.05, 0.1) is 0 Å². The summed E-state index contributed by atoms with van der Waals surface area (Å²) < 4.78 is 0. The maximum Gasteiger partial charge on any atom is 0.0136 e. The Morgan fingerprint density at radius 1 is 1.07 bits per heavy atom. The maximum atomic E-state index is 5.83. The van der Waals surface area contributed by atoms with Gasteiger partial charge in [0, 0.05) is 18.6 Å². The fourth-order valence-electron chi connectivity index (χ4n) is 4.58. The van der Waals surface area contributed by atoms with Crippen LogP contribution in [0, 0.1) is 23.7 Å². The van der Waals surface area contributed by atoms with Crippen molar-refractivity contribution in [3.05, 3.63) is 0 Å². The Hall–Kier alpha value is -0.0800. The Bertz CT molecular complexity index is 209. The van der Waals surface area contributed by atoms with Crippen LogP contribution in [0.4, 0.5) is 0 Å². The van der Waals surface area contributed by atoms with Crippen molar-refractivity contribution < 1.29 is 0 Å². The molecule has 0 aromatic heterocycles. The molecule has 15 heavy (non-hydrogen) atoms. The normalized spacial score (nSPS) is 49.6. The monoisotopic (exact) mass is 208 g/mol. The van der Waals surface area contributed by atoms with Crippen molar-refractivity contribution in [3.8, 4) is 0 Å². The topological polar surface area (TPSA) is 38.0 Å². The van der Waals surface area contributed by atoms with Crippen molar-refractivity contribution >= 4 is 0 Å². The summed E-state index contributed by atoms with van der Waals surface area (Å²) in [4.78, 5) is 0. The van der Waals surface area contributed by atoms with Crippen LogP contribution in [0.2, 0.25) is 0 Å². The maximum absolute atomic E-state index is 5.83. The van der Waals surface area contributed by atoms with Crippen molar-refractivity contribution in [1.29, 1.82) is 0 Å².